The number of fused-ring (bicyclic) bond motifs is 1. The quantitative estimate of drug-likeness (QED) is 0.443. The molecule has 1 N–H and O–H groups in total. The first kappa shape index (κ1) is 26.3. The lowest BCUT2D eigenvalue weighted by Crippen LogP contribution is -2.28. The Labute approximate surface area is 215 Å². The second-order valence-corrected chi connectivity index (χ2v) is 11.0. The maximum Gasteiger partial charge on any atom is 0.221 e. The second-order valence-electron chi connectivity index (χ2n) is 9.64. The van der Waals surface area contributed by atoms with E-state index >= 15 is 0 Å². The molecule has 1 unspecified atom stereocenters. The Hall–Kier alpha value is -2.75. The van der Waals surface area contributed by atoms with Crippen LogP contribution in [0.1, 0.15) is 46.4 Å². The zero-order valence-corrected chi connectivity index (χ0v) is 22.6. The third-order valence-electron chi connectivity index (χ3n) is 6.71. The highest BCUT2D eigenvalue weighted by atomic mass is 32.2. The lowest BCUT2D eigenvalue weighted by molar-refractivity contribution is -0.114. The molecular formula is C27H36N4O4S. The van der Waals surface area contributed by atoms with Crippen molar-refractivity contribution < 1.29 is 18.5 Å². The number of anilines is 2. The van der Waals surface area contributed by atoms with Crippen molar-refractivity contribution in [3.63, 3.8) is 0 Å². The molecule has 1 aliphatic heterocycles. The molecule has 3 aromatic rings. The molecule has 9 heteroatoms. The van der Waals surface area contributed by atoms with Gasteiger partial charge in [-0.2, -0.15) is 0 Å². The average molecular weight is 513 g/mol. The molecule has 1 aromatic heterocycles. The number of benzene rings is 2. The van der Waals surface area contributed by atoms with Crippen LogP contribution >= 0.6 is 0 Å². The molecular weight excluding hydrogens is 476 g/mol. The molecule has 1 fully saturated rings. The van der Waals surface area contributed by atoms with E-state index in [0.717, 1.165) is 55.1 Å². The molecule has 0 saturated carbocycles. The first-order valence-corrected chi connectivity index (χ1v) is 13.5. The average Bonchev–Trinajstić information content (AvgIpc) is 3.23. The van der Waals surface area contributed by atoms with Gasteiger partial charge >= 0.3 is 0 Å². The number of imidazole rings is 1. The molecule has 2 heterocycles. The zero-order valence-electron chi connectivity index (χ0n) is 21.7. The second kappa shape index (κ2) is 11.1. The number of ether oxygens (including phenoxy) is 2. The van der Waals surface area contributed by atoms with E-state index in [9.17, 15) is 9.00 Å². The van der Waals surface area contributed by atoms with Gasteiger partial charge in [0.2, 0.25) is 5.91 Å². The minimum Gasteiger partial charge on any atom is -0.381 e. The summed E-state index contributed by atoms with van der Waals surface area (Å²) in [6, 6.07) is 13.2. The maximum absolute atomic E-state index is 13.5. The number of carbonyl (C=O) groups is 1. The summed E-state index contributed by atoms with van der Waals surface area (Å²) in [5, 5.41) is 2.74. The molecule has 0 bridgehead atoms. The fourth-order valence-corrected chi connectivity index (χ4v) is 5.74. The highest BCUT2D eigenvalue weighted by molar-refractivity contribution is 7.86. The number of hydrogen-bond donors (Lipinski definition) is 1. The maximum atomic E-state index is 13.5. The number of aromatic nitrogens is 2. The van der Waals surface area contributed by atoms with Crippen LogP contribution in [0, 0.1) is 5.92 Å². The van der Waals surface area contributed by atoms with Crippen molar-refractivity contribution in [1.29, 1.82) is 0 Å². The van der Waals surface area contributed by atoms with Crippen LogP contribution in [-0.2, 0) is 37.4 Å². The van der Waals surface area contributed by atoms with Crippen LogP contribution in [0.4, 0.5) is 11.4 Å². The Balaban J connectivity index is 1.67. The van der Waals surface area contributed by atoms with E-state index in [-0.39, 0.29) is 5.91 Å². The van der Waals surface area contributed by atoms with Crippen molar-refractivity contribution in [3.05, 3.63) is 48.3 Å². The lowest BCUT2D eigenvalue weighted by atomic mass is 9.99. The largest absolute Gasteiger partial charge is 0.381 e. The van der Waals surface area contributed by atoms with Gasteiger partial charge < -0.3 is 19.4 Å². The summed E-state index contributed by atoms with van der Waals surface area (Å²) in [5.41, 5.74) is 2.87. The third-order valence-corrected chi connectivity index (χ3v) is 8.26. The van der Waals surface area contributed by atoms with Crippen molar-refractivity contribution in [2.75, 3.05) is 36.5 Å². The summed E-state index contributed by atoms with van der Waals surface area (Å²) < 4.78 is 29.0. The van der Waals surface area contributed by atoms with Crippen LogP contribution in [0.25, 0.3) is 11.0 Å². The molecule has 1 saturated heterocycles. The van der Waals surface area contributed by atoms with Crippen molar-refractivity contribution in [3.8, 4) is 0 Å². The number of carbonyl (C=O) groups excluding carboxylic acids is 1. The Morgan fingerprint density at radius 2 is 1.92 bits per heavy atom. The fraction of sp³-hybridized carbons (Fsp3) is 0.481. The van der Waals surface area contributed by atoms with Crippen LogP contribution in [0.2, 0.25) is 0 Å². The van der Waals surface area contributed by atoms with Gasteiger partial charge in [0.25, 0.3) is 0 Å². The van der Waals surface area contributed by atoms with Gasteiger partial charge in [0.1, 0.15) is 11.4 Å². The monoisotopic (exact) mass is 512 g/mol. The van der Waals surface area contributed by atoms with Gasteiger partial charge in [0, 0.05) is 46.0 Å². The first-order valence-electron chi connectivity index (χ1n) is 12.4. The Bertz CT molecular complexity index is 1230. The third kappa shape index (κ3) is 5.63. The number of rotatable bonds is 9. The van der Waals surface area contributed by atoms with E-state index < -0.39 is 16.6 Å². The molecule has 0 aliphatic carbocycles. The highest BCUT2D eigenvalue weighted by Gasteiger charge is 2.29. The van der Waals surface area contributed by atoms with Gasteiger partial charge in [-0.3, -0.25) is 9.10 Å². The number of amides is 1. The van der Waals surface area contributed by atoms with Crippen LogP contribution in [0.5, 0.6) is 0 Å². The Morgan fingerprint density at radius 1 is 1.22 bits per heavy atom. The SMILES string of the molecule is CCN(c1ccc2c(c1)nc(C(C)(C)OC)n2CC1CCOCC1)S(=O)c1ccc(NC(C)=O)cc1. The number of nitrogens with one attached hydrogen (secondary N) is 1. The van der Waals surface area contributed by atoms with Crippen LogP contribution < -0.4 is 9.62 Å². The summed E-state index contributed by atoms with van der Waals surface area (Å²) in [4.78, 5) is 17.0. The zero-order chi connectivity index (χ0) is 25.9. The van der Waals surface area contributed by atoms with E-state index in [2.05, 4.69) is 16.0 Å². The van der Waals surface area contributed by atoms with Crippen LogP contribution in [0.15, 0.2) is 47.4 Å². The first-order chi connectivity index (χ1) is 17.2. The van der Waals surface area contributed by atoms with Crippen molar-refractivity contribution in [2.24, 2.45) is 5.92 Å². The summed E-state index contributed by atoms with van der Waals surface area (Å²) in [6.07, 6.45) is 2.07. The van der Waals surface area contributed by atoms with Crippen molar-refractivity contribution in [1.82, 2.24) is 9.55 Å². The molecule has 1 amide bonds. The molecule has 0 spiro atoms. The molecule has 4 rings (SSSR count). The minimum absolute atomic E-state index is 0.139. The Kier molecular flexibility index (Phi) is 8.12. The van der Waals surface area contributed by atoms with Gasteiger partial charge in [-0.25, -0.2) is 9.19 Å². The minimum atomic E-state index is -1.41. The Morgan fingerprint density at radius 3 is 2.53 bits per heavy atom. The molecule has 194 valence electrons. The summed E-state index contributed by atoms with van der Waals surface area (Å²) in [7, 11) is 0.300. The van der Waals surface area contributed by atoms with Gasteiger partial charge in [0.15, 0.2) is 11.0 Å². The van der Waals surface area contributed by atoms with Crippen LogP contribution in [-0.4, -0.2) is 46.5 Å². The number of hydrogen-bond acceptors (Lipinski definition) is 5. The summed E-state index contributed by atoms with van der Waals surface area (Å²) in [6.45, 7) is 10.5. The molecule has 8 nitrogen and oxygen atoms in total. The van der Waals surface area contributed by atoms with E-state index in [0.29, 0.717) is 23.0 Å². The fourth-order valence-electron chi connectivity index (χ4n) is 4.58. The van der Waals surface area contributed by atoms with Gasteiger partial charge in [0.05, 0.1) is 21.6 Å². The topological polar surface area (TPSA) is 85.7 Å². The highest BCUT2D eigenvalue weighted by Crippen LogP contribution is 2.32. The molecule has 1 atom stereocenters. The summed E-state index contributed by atoms with van der Waals surface area (Å²) in [5.74, 6) is 1.28. The number of nitrogens with zero attached hydrogens (tertiary/aromatic N) is 3. The van der Waals surface area contributed by atoms with E-state index in [1.807, 2.05) is 37.2 Å². The van der Waals surface area contributed by atoms with Gasteiger partial charge in [-0.1, -0.05) is 0 Å². The van der Waals surface area contributed by atoms with Crippen molar-refractivity contribution >= 4 is 39.3 Å². The van der Waals surface area contributed by atoms with E-state index in [1.165, 1.54) is 6.92 Å². The smallest absolute Gasteiger partial charge is 0.221 e. The predicted molar refractivity (Wildman–Crippen MR) is 143 cm³/mol. The molecule has 36 heavy (non-hydrogen) atoms. The normalized spacial score (nSPS) is 15.7. The summed E-state index contributed by atoms with van der Waals surface area (Å²) >= 11 is 0. The number of methoxy groups -OCH3 is 1. The molecule has 0 radical (unpaired) electrons. The molecule has 2 aromatic carbocycles. The van der Waals surface area contributed by atoms with Crippen molar-refractivity contribution in [2.45, 2.75) is 57.6 Å². The lowest BCUT2D eigenvalue weighted by Gasteiger charge is -2.27. The van der Waals surface area contributed by atoms with Gasteiger partial charge in [-0.15, -0.1) is 0 Å². The molecule has 1 aliphatic rings. The van der Waals surface area contributed by atoms with Gasteiger partial charge in [-0.05, 0) is 82.0 Å². The standard InChI is InChI=1S/C27H36N4O4S/c1-6-31(36(33)23-10-7-21(8-11-23)28-19(2)32)22-9-12-25-24(17-22)29-26(27(3,4)34-5)30(25)18-20-13-15-35-16-14-20/h7-12,17,20H,6,13-16,18H2,1-5H3,(H,28,32). The predicted octanol–water partition coefficient (Wildman–Crippen LogP) is 4.85. The van der Waals surface area contributed by atoms with E-state index in [4.69, 9.17) is 14.5 Å². The van der Waals surface area contributed by atoms with E-state index in [1.54, 1.807) is 31.4 Å². The van der Waals surface area contributed by atoms with Crippen LogP contribution in [0.3, 0.4) is 0 Å².